The first kappa shape index (κ1) is 12.6. The van der Waals surface area contributed by atoms with Crippen molar-refractivity contribution in [2.24, 2.45) is 11.1 Å². The van der Waals surface area contributed by atoms with Crippen LogP contribution in [-0.2, 0) is 4.84 Å². The van der Waals surface area contributed by atoms with Gasteiger partial charge in [-0.05, 0) is 17.9 Å². The van der Waals surface area contributed by atoms with Crippen LogP contribution in [0.3, 0.4) is 0 Å². The molecule has 2 aromatic rings. The van der Waals surface area contributed by atoms with E-state index in [1.807, 2.05) is 36.4 Å². The van der Waals surface area contributed by atoms with Crippen LogP contribution in [-0.4, -0.2) is 23.0 Å². The maximum Gasteiger partial charge on any atom is 0.162 e. The second-order valence-corrected chi connectivity index (χ2v) is 5.77. The summed E-state index contributed by atoms with van der Waals surface area (Å²) in [6.07, 6.45) is 0.208. The molecule has 1 N–H and O–H groups in total. The van der Waals surface area contributed by atoms with Gasteiger partial charge in [-0.25, -0.2) is 0 Å². The molecule has 2 aromatic carbocycles. The maximum absolute atomic E-state index is 10.5. The fourth-order valence-electron chi connectivity index (χ4n) is 3.19. The molecule has 0 saturated heterocycles. The van der Waals surface area contributed by atoms with E-state index >= 15 is 0 Å². The van der Waals surface area contributed by atoms with E-state index in [4.69, 9.17) is 4.84 Å². The zero-order chi connectivity index (χ0) is 14.2. The molecule has 0 amide bonds. The second kappa shape index (κ2) is 5.01. The van der Waals surface area contributed by atoms with Gasteiger partial charge in [0.05, 0.1) is 0 Å². The molecule has 3 nitrogen and oxygen atoms in total. The predicted molar refractivity (Wildman–Crippen MR) is 81.1 cm³/mol. The van der Waals surface area contributed by atoms with E-state index in [9.17, 15) is 5.11 Å². The van der Waals surface area contributed by atoms with Gasteiger partial charge in [-0.3, -0.25) is 0 Å². The number of aliphatic hydroxyl groups is 1. The van der Waals surface area contributed by atoms with Crippen LogP contribution in [0.1, 0.15) is 23.5 Å². The molecule has 4 rings (SSSR count). The first-order valence-electron chi connectivity index (χ1n) is 7.37. The predicted octanol–water partition coefficient (Wildman–Crippen LogP) is 2.95. The molecule has 1 fully saturated rings. The number of rotatable bonds is 3. The molecule has 106 valence electrons. The van der Waals surface area contributed by atoms with Crippen molar-refractivity contribution >= 4 is 5.71 Å². The molecule has 1 aliphatic carbocycles. The molecule has 4 atom stereocenters. The van der Waals surface area contributed by atoms with Crippen LogP contribution < -0.4 is 0 Å². The molecule has 3 heteroatoms. The number of hydrogen-bond donors (Lipinski definition) is 1. The maximum atomic E-state index is 10.5. The highest BCUT2D eigenvalue weighted by atomic mass is 16.7. The van der Waals surface area contributed by atoms with Gasteiger partial charge in [0.15, 0.2) is 6.10 Å². The monoisotopic (exact) mass is 279 g/mol. The Morgan fingerprint density at radius 3 is 2.33 bits per heavy atom. The minimum Gasteiger partial charge on any atom is -0.389 e. The van der Waals surface area contributed by atoms with Crippen molar-refractivity contribution in [3.63, 3.8) is 0 Å². The Morgan fingerprint density at radius 2 is 1.62 bits per heavy atom. The summed E-state index contributed by atoms with van der Waals surface area (Å²) in [5.41, 5.74) is 2.91. The lowest BCUT2D eigenvalue weighted by Crippen LogP contribution is -2.31. The number of oxime groups is 1. The van der Waals surface area contributed by atoms with Gasteiger partial charge in [0.2, 0.25) is 0 Å². The van der Waals surface area contributed by atoms with Gasteiger partial charge < -0.3 is 9.94 Å². The topological polar surface area (TPSA) is 41.8 Å². The highest BCUT2D eigenvalue weighted by Gasteiger charge is 2.51. The lowest BCUT2D eigenvalue weighted by molar-refractivity contribution is 0.00637. The van der Waals surface area contributed by atoms with Crippen molar-refractivity contribution in [3.05, 3.63) is 71.8 Å². The standard InChI is InChI=1S/C18H17NO2/c20-17-16(13-9-5-2-6-10-13)19-21-18(17)15-11-14(15)12-7-3-1-4-8-12/h1-10,14-15,17-18,20H,11H2/t14?,15?,17-,18+/m1/s1. The number of hydrogen-bond acceptors (Lipinski definition) is 3. The minimum absolute atomic E-state index is 0.217. The van der Waals surface area contributed by atoms with E-state index in [0.717, 1.165) is 12.0 Å². The van der Waals surface area contributed by atoms with Crippen LogP contribution in [0, 0.1) is 5.92 Å². The Morgan fingerprint density at radius 1 is 0.952 bits per heavy atom. The molecule has 2 aliphatic rings. The summed E-state index contributed by atoms with van der Waals surface area (Å²) >= 11 is 0. The van der Waals surface area contributed by atoms with Crippen molar-refractivity contribution in [2.75, 3.05) is 0 Å². The van der Waals surface area contributed by atoms with Crippen molar-refractivity contribution in [2.45, 2.75) is 24.5 Å². The van der Waals surface area contributed by atoms with Gasteiger partial charge in [0, 0.05) is 11.5 Å². The van der Waals surface area contributed by atoms with Crippen molar-refractivity contribution in [3.8, 4) is 0 Å². The van der Waals surface area contributed by atoms with Gasteiger partial charge in [-0.2, -0.15) is 0 Å². The highest BCUT2D eigenvalue weighted by Crippen LogP contribution is 2.52. The summed E-state index contributed by atoms with van der Waals surface area (Å²) in [4.78, 5) is 5.55. The average Bonchev–Trinajstić information content (AvgIpc) is 3.25. The molecule has 1 saturated carbocycles. The van der Waals surface area contributed by atoms with E-state index in [1.54, 1.807) is 0 Å². The Balaban J connectivity index is 1.48. The van der Waals surface area contributed by atoms with Crippen molar-refractivity contribution < 1.29 is 9.94 Å². The smallest absolute Gasteiger partial charge is 0.162 e. The highest BCUT2D eigenvalue weighted by molar-refractivity contribution is 6.04. The van der Waals surface area contributed by atoms with Crippen LogP contribution in [0.5, 0.6) is 0 Å². The Kier molecular flexibility index (Phi) is 3.00. The zero-order valence-corrected chi connectivity index (χ0v) is 11.6. The third kappa shape index (κ3) is 2.24. The Hall–Kier alpha value is -2.13. The van der Waals surface area contributed by atoms with Crippen molar-refractivity contribution in [1.82, 2.24) is 0 Å². The first-order valence-corrected chi connectivity index (χ1v) is 7.37. The summed E-state index contributed by atoms with van der Waals surface area (Å²) < 4.78 is 0. The van der Waals surface area contributed by atoms with Gasteiger partial charge in [0.25, 0.3) is 0 Å². The van der Waals surface area contributed by atoms with Gasteiger partial charge >= 0.3 is 0 Å². The van der Waals surface area contributed by atoms with Gasteiger partial charge in [-0.1, -0.05) is 65.8 Å². The Bertz CT molecular complexity index is 653. The normalized spacial score (nSPS) is 30.6. The lowest BCUT2D eigenvalue weighted by atomic mass is 9.97. The van der Waals surface area contributed by atoms with E-state index in [1.165, 1.54) is 5.56 Å². The minimum atomic E-state index is -0.633. The summed E-state index contributed by atoms with van der Waals surface area (Å²) in [7, 11) is 0. The van der Waals surface area contributed by atoms with E-state index < -0.39 is 6.10 Å². The molecular formula is C18H17NO2. The third-order valence-corrected chi connectivity index (χ3v) is 4.42. The molecular weight excluding hydrogens is 262 g/mol. The number of aliphatic hydroxyl groups excluding tert-OH is 1. The van der Waals surface area contributed by atoms with E-state index in [-0.39, 0.29) is 6.10 Å². The molecule has 1 aliphatic heterocycles. The molecule has 1 heterocycles. The van der Waals surface area contributed by atoms with Crippen LogP contribution in [0.4, 0.5) is 0 Å². The fraction of sp³-hybridized carbons (Fsp3) is 0.278. The van der Waals surface area contributed by atoms with Crippen LogP contribution >= 0.6 is 0 Å². The second-order valence-electron chi connectivity index (χ2n) is 5.77. The molecule has 0 aromatic heterocycles. The zero-order valence-electron chi connectivity index (χ0n) is 11.6. The quantitative estimate of drug-likeness (QED) is 0.938. The summed E-state index contributed by atoms with van der Waals surface area (Å²) in [5.74, 6) is 0.837. The summed E-state index contributed by atoms with van der Waals surface area (Å²) in [6, 6.07) is 20.2. The molecule has 0 radical (unpaired) electrons. The summed E-state index contributed by atoms with van der Waals surface area (Å²) in [5, 5.41) is 14.6. The first-order chi connectivity index (χ1) is 10.3. The number of benzene rings is 2. The third-order valence-electron chi connectivity index (χ3n) is 4.42. The average molecular weight is 279 g/mol. The van der Waals surface area contributed by atoms with Crippen molar-refractivity contribution in [1.29, 1.82) is 0 Å². The molecule has 2 unspecified atom stereocenters. The number of nitrogens with zero attached hydrogens (tertiary/aromatic N) is 1. The summed E-state index contributed by atoms with van der Waals surface area (Å²) in [6.45, 7) is 0. The Labute approximate surface area is 123 Å². The van der Waals surface area contributed by atoms with E-state index in [2.05, 4.69) is 29.4 Å². The van der Waals surface area contributed by atoms with Gasteiger partial charge in [-0.15, -0.1) is 0 Å². The van der Waals surface area contributed by atoms with Crippen LogP contribution in [0.15, 0.2) is 65.8 Å². The fourth-order valence-corrected chi connectivity index (χ4v) is 3.19. The molecule has 0 bridgehead atoms. The lowest BCUT2D eigenvalue weighted by Gasteiger charge is -2.13. The van der Waals surface area contributed by atoms with Crippen LogP contribution in [0.2, 0.25) is 0 Å². The van der Waals surface area contributed by atoms with Crippen LogP contribution in [0.25, 0.3) is 0 Å². The SMILES string of the molecule is O[C@@H]1C(c2ccccc2)=NO[C@H]1C1CC1c1ccccc1. The van der Waals surface area contributed by atoms with Gasteiger partial charge in [0.1, 0.15) is 11.8 Å². The molecule has 21 heavy (non-hydrogen) atoms. The largest absolute Gasteiger partial charge is 0.389 e. The molecule has 0 spiro atoms. The van der Waals surface area contributed by atoms with E-state index in [0.29, 0.717) is 17.5 Å².